The molecule has 3 nitrogen and oxygen atoms in total. The Morgan fingerprint density at radius 2 is 2.31 bits per heavy atom. The maximum Gasteiger partial charge on any atom is 0.159 e. The van der Waals surface area contributed by atoms with Gasteiger partial charge in [-0.3, -0.25) is 4.99 Å². The lowest BCUT2D eigenvalue weighted by molar-refractivity contribution is 0.288. The summed E-state index contributed by atoms with van der Waals surface area (Å²) < 4.78 is 0. The van der Waals surface area contributed by atoms with E-state index in [0.717, 1.165) is 25.0 Å². The van der Waals surface area contributed by atoms with Crippen molar-refractivity contribution in [3.05, 3.63) is 0 Å². The molecule has 2 aliphatic rings. The van der Waals surface area contributed by atoms with Gasteiger partial charge in [-0.05, 0) is 26.9 Å². The molecule has 0 aromatic carbocycles. The topological polar surface area (TPSA) is 18.8 Å². The summed E-state index contributed by atoms with van der Waals surface area (Å²) >= 11 is 5.49. The van der Waals surface area contributed by atoms with E-state index >= 15 is 0 Å². The van der Waals surface area contributed by atoms with Crippen molar-refractivity contribution in [2.24, 2.45) is 4.99 Å². The zero-order chi connectivity index (χ0) is 11.5. The molecule has 16 heavy (non-hydrogen) atoms. The van der Waals surface area contributed by atoms with Gasteiger partial charge in [0, 0.05) is 29.7 Å². The molecule has 0 aromatic heterocycles. The highest BCUT2D eigenvalue weighted by molar-refractivity contribution is 9.09. The molecule has 1 saturated heterocycles. The fourth-order valence-corrected chi connectivity index (χ4v) is 3.97. The molecule has 2 atom stereocenters. The molecular weight excluding hydrogens is 286 g/mol. The lowest BCUT2D eigenvalue weighted by Crippen LogP contribution is -2.40. The predicted molar refractivity (Wildman–Crippen MR) is 75.8 cm³/mol. The van der Waals surface area contributed by atoms with Crippen molar-refractivity contribution in [2.75, 3.05) is 38.6 Å². The summed E-state index contributed by atoms with van der Waals surface area (Å²) in [5.41, 5.74) is 0. The summed E-state index contributed by atoms with van der Waals surface area (Å²) in [6.45, 7) is 6.81. The smallest absolute Gasteiger partial charge is 0.159 e. The lowest BCUT2D eigenvalue weighted by Gasteiger charge is -2.29. The Kier molecular flexibility index (Phi) is 4.56. The van der Waals surface area contributed by atoms with Crippen LogP contribution in [0.5, 0.6) is 0 Å². The second kappa shape index (κ2) is 5.74. The Hall–Kier alpha value is 0.260. The van der Waals surface area contributed by atoms with Crippen LogP contribution in [0.1, 0.15) is 13.3 Å². The monoisotopic (exact) mass is 305 g/mol. The van der Waals surface area contributed by atoms with Gasteiger partial charge in [0.1, 0.15) is 0 Å². The van der Waals surface area contributed by atoms with E-state index in [2.05, 4.69) is 44.7 Å². The molecule has 0 spiro atoms. The van der Waals surface area contributed by atoms with Gasteiger partial charge in [-0.1, -0.05) is 27.7 Å². The van der Waals surface area contributed by atoms with Crippen LogP contribution in [0.15, 0.2) is 4.99 Å². The molecule has 0 N–H and O–H groups in total. The van der Waals surface area contributed by atoms with Gasteiger partial charge in [0.05, 0.1) is 6.54 Å². The van der Waals surface area contributed by atoms with Crippen molar-refractivity contribution >= 4 is 32.9 Å². The van der Waals surface area contributed by atoms with Gasteiger partial charge in [0.2, 0.25) is 0 Å². The number of hydrogen-bond donors (Lipinski definition) is 0. The first-order chi connectivity index (χ1) is 7.70. The molecule has 2 rings (SSSR count). The average molecular weight is 306 g/mol. The Bertz CT molecular complexity index is 272. The highest BCUT2D eigenvalue weighted by Gasteiger charge is 2.27. The van der Waals surface area contributed by atoms with Crippen LogP contribution in [-0.2, 0) is 0 Å². The minimum absolute atomic E-state index is 0.591. The molecule has 0 amide bonds. The normalized spacial score (nSPS) is 32.7. The Labute approximate surface area is 111 Å². The second-order valence-electron chi connectivity index (χ2n) is 4.68. The summed E-state index contributed by atoms with van der Waals surface area (Å²) in [7, 11) is 2.21. The van der Waals surface area contributed by atoms with E-state index in [-0.39, 0.29) is 0 Å². The SMILES string of the molecule is CC1CN(C)CCCN1C1=NCC(CBr)S1. The van der Waals surface area contributed by atoms with Crippen molar-refractivity contribution in [3.63, 3.8) is 0 Å². The summed E-state index contributed by atoms with van der Waals surface area (Å²) in [6, 6.07) is 0.591. The van der Waals surface area contributed by atoms with Crippen LogP contribution in [0.25, 0.3) is 0 Å². The minimum atomic E-state index is 0.591. The molecule has 0 aromatic rings. The fraction of sp³-hybridized carbons (Fsp3) is 0.909. The summed E-state index contributed by atoms with van der Waals surface area (Å²) in [6.07, 6.45) is 1.25. The van der Waals surface area contributed by atoms with Gasteiger partial charge in [-0.15, -0.1) is 0 Å². The van der Waals surface area contributed by atoms with E-state index in [1.165, 1.54) is 18.1 Å². The van der Waals surface area contributed by atoms with Crippen LogP contribution in [0, 0.1) is 0 Å². The maximum absolute atomic E-state index is 4.69. The van der Waals surface area contributed by atoms with Crippen molar-refractivity contribution in [2.45, 2.75) is 24.6 Å². The third kappa shape index (κ3) is 2.93. The van der Waals surface area contributed by atoms with Crippen LogP contribution >= 0.6 is 27.7 Å². The zero-order valence-electron chi connectivity index (χ0n) is 10.0. The molecule has 92 valence electrons. The Morgan fingerprint density at radius 1 is 1.50 bits per heavy atom. The van der Waals surface area contributed by atoms with Crippen LogP contribution in [-0.4, -0.2) is 64.8 Å². The molecule has 2 aliphatic heterocycles. The molecule has 2 unspecified atom stereocenters. The first-order valence-electron chi connectivity index (χ1n) is 5.93. The standard InChI is InChI=1S/C11H20BrN3S/c1-9-8-14(2)4-3-5-15(9)11-13-7-10(6-12)16-11/h9-10H,3-8H2,1-2H3. The molecule has 5 heteroatoms. The highest BCUT2D eigenvalue weighted by atomic mass is 79.9. The van der Waals surface area contributed by atoms with Crippen molar-refractivity contribution in [3.8, 4) is 0 Å². The number of aliphatic imine (C=N–C) groups is 1. The highest BCUT2D eigenvalue weighted by Crippen LogP contribution is 2.26. The summed E-state index contributed by atoms with van der Waals surface area (Å²) in [5, 5.41) is 2.96. The molecule has 0 bridgehead atoms. The van der Waals surface area contributed by atoms with E-state index in [0.29, 0.717) is 11.3 Å². The van der Waals surface area contributed by atoms with E-state index in [1.54, 1.807) is 0 Å². The number of rotatable bonds is 1. The number of amidine groups is 1. The lowest BCUT2D eigenvalue weighted by atomic mass is 10.3. The maximum atomic E-state index is 4.69. The Morgan fingerprint density at radius 3 is 3.00 bits per heavy atom. The number of hydrogen-bond acceptors (Lipinski definition) is 4. The third-order valence-electron chi connectivity index (χ3n) is 3.17. The van der Waals surface area contributed by atoms with Gasteiger partial charge < -0.3 is 9.80 Å². The molecule has 2 heterocycles. The predicted octanol–water partition coefficient (Wildman–Crippen LogP) is 1.88. The van der Waals surface area contributed by atoms with Crippen molar-refractivity contribution < 1.29 is 0 Å². The third-order valence-corrected chi connectivity index (χ3v) is 5.60. The van der Waals surface area contributed by atoms with Gasteiger partial charge >= 0.3 is 0 Å². The molecule has 0 saturated carbocycles. The fourth-order valence-electron chi connectivity index (χ4n) is 2.30. The summed E-state index contributed by atoms with van der Waals surface area (Å²) in [5.74, 6) is 0. The second-order valence-corrected chi connectivity index (χ2v) is 6.59. The molecule has 0 aliphatic carbocycles. The molecule has 0 radical (unpaired) electrons. The molecule has 1 fully saturated rings. The number of nitrogens with zero attached hydrogens (tertiary/aromatic N) is 3. The Balaban J connectivity index is 1.98. The first-order valence-corrected chi connectivity index (χ1v) is 7.93. The van der Waals surface area contributed by atoms with E-state index < -0.39 is 0 Å². The number of halogens is 1. The van der Waals surface area contributed by atoms with E-state index in [4.69, 9.17) is 0 Å². The van der Waals surface area contributed by atoms with Crippen LogP contribution in [0.4, 0.5) is 0 Å². The van der Waals surface area contributed by atoms with Crippen molar-refractivity contribution in [1.82, 2.24) is 9.80 Å². The van der Waals surface area contributed by atoms with Gasteiger partial charge in [-0.2, -0.15) is 0 Å². The van der Waals surface area contributed by atoms with Crippen molar-refractivity contribution in [1.29, 1.82) is 0 Å². The quantitative estimate of drug-likeness (QED) is 0.689. The molecular formula is C11H20BrN3S. The average Bonchev–Trinajstić information content (AvgIpc) is 2.65. The van der Waals surface area contributed by atoms with Crippen LogP contribution in [0.3, 0.4) is 0 Å². The number of alkyl halides is 1. The first kappa shape index (κ1) is 12.7. The minimum Gasteiger partial charge on any atom is -0.347 e. The van der Waals surface area contributed by atoms with Crippen LogP contribution in [0.2, 0.25) is 0 Å². The largest absolute Gasteiger partial charge is 0.347 e. The van der Waals surface area contributed by atoms with Gasteiger partial charge in [0.15, 0.2) is 5.17 Å². The van der Waals surface area contributed by atoms with E-state index in [1.807, 2.05) is 11.8 Å². The van der Waals surface area contributed by atoms with E-state index in [9.17, 15) is 0 Å². The zero-order valence-corrected chi connectivity index (χ0v) is 12.4. The van der Waals surface area contributed by atoms with Crippen LogP contribution < -0.4 is 0 Å². The number of thioether (sulfide) groups is 1. The van der Waals surface area contributed by atoms with Gasteiger partial charge in [0.25, 0.3) is 0 Å². The van der Waals surface area contributed by atoms with Gasteiger partial charge in [-0.25, -0.2) is 0 Å². The number of likely N-dealkylation sites (N-methyl/N-ethyl adjacent to an activating group) is 1. The summed E-state index contributed by atoms with van der Waals surface area (Å²) in [4.78, 5) is 9.61.